The standard InChI is InChI=1S/C13H26N2O3/c1-6-10(5)8-15(7-2)13(18)14-11(9(3)4)12(16)17/h9-11H,6-8H2,1-5H3,(H,14,18)(H,16,17)/t10?,11-/m1/s1. The van der Waals surface area contributed by atoms with Gasteiger partial charge >= 0.3 is 12.0 Å². The van der Waals surface area contributed by atoms with Gasteiger partial charge in [-0.1, -0.05) is 34.1 Å². The number of nitrogens with one attached hydrogen (secondary N) is 1. The van der Waals surface area contributed by atoms with Crippen LogP contribution in [0, 0.1) is 11.8 Å². The van der Waals surface area contributed by atoms with E-state index in [1.807, 2.05) is 6.92 Å². The van der Waals surface area contributed by atoms with Crippen LogP contribution in [0.2, 0.25) is 0 Å². The minimum atomic E-state index is -0.988. The molecule has 0 aliphatic carbocycles. The molecule has 0 aromatic rings. The highest BCUT2D eigenvalue weighted by atomic mass is 16.4. The van der Waals surface area contributed by atoms with Gasteiger partial charge in [-0.3, -0.25) is 0 Å². The van der Waals surface area contributed by atoms with Gasteiger partial charge in [0.25, 0.3) is 0 Å². The molecule has 0 radical (unpaired) electrons. The van der Waals surface area contributed by atoms with Crippen molar-refractivity contribution in [1.29, 1.82) is 0 Å². The van der Waals surface area contributed by atoms with Crippen molar-refractivity contribution >= 4 is 12.0 Å². The van der Waals surface area contributed by atoms with Crippen molar-refractivity contribution in [3.05, 3.63) is 0 Å². The molecule has 0 bridgehead atoms. The summed E-state index contributed by atoms with van der Waals surface area (Å²) in [7, 11) is 0. The molecule has 0 aromatic carbocycles. The summed E-state index contributed by atoms with van der Waals surface area (Å²) in [5, 5.41) is 11.6. The first kappa shape index (κ1) is 16.7. The number of amides is 2. The summed E-state index contributed by atoms with van der Waals surface area (Å²) in [5.41, 5.74) is 0. The van der Waals surface area contributed by atoms with E-state index in [4.69, 9.17) is 5.11 Å². The summed E-state index contributed by atoms with van der Waals surface area (Å²) in [6.07, 6.45) is 0.996. The van der Waals surface area contributed by atoms with Crippen molar-refractivity contribution in [1.82, 2.24) is 10.2 Å². The van der Waals surface area contributed by atoms with E-state index in [0.29, 0.717) is 19.0 Å². The Balaban J connectivity index is 4.55. The van der Waals surface area contributed by atoms with E-state index in [-0.39, 0.29) is 11.9 Å². The van der Waals surface area contributed by atoms with Crippen LogP contribution in [0.25, 0.3) is 0 Å². The van der Waals surface area contributed by atoms with Gasteiger partial charge in [0.2, 0.25) is 0 Å². The van der Waals surface area contributed by atoms with Crippen molar-refractivity contribution in [3.8, 4) is 0 Å². The van der Waals surface area contributed by atoms with Crippen LogP contribution in [0.15, 0.2) is 0 Å². The fourth-order valence-electron chi connectivity index (χ4n) is 1.60. The highest BCUT2D eigenvalue weighted by Crippen LogP contribution is 2.07. The van der Waals surface area contributed by atoms with Crippen LogP contribution in [0.4, 0.5) is 4.79 Å². The van der Waals surface area contributed by atoms with Gasteiger partial charge in [0.05, 0.1) is 0 Å². The van der Waals surface area contributed by atoms with Crippen molar-refractivity contribution in [2.24, 2.45) is 11.8 Å². The maximum atomic E-state index is 12.0. The third kappa shape index (κ3) is 5.38. The Morgan fingerprint density at radius 2 is 1.78 bits per heavy atom. The minimum Gasteiger partial charge on any atom is -0.480 e. The molecule has 2 amide bonds. The Morgan fingerprint density at radius 1 is 1.22 bits per heavy atom. The summed E-state index contributed by atoms with van der Waals surface area (Å²) >= 11 is 0. The summed E-state index contributed by atoms with van der Waals surface area (Å²) in [5.74, 6) is -0.704. The number of carboxylic acids is 1. The Bertz CT molecular complexity index is 279. The predicted molar refractivity (Wildman–Crippen MR) is 71.5 cm³/mol. The molecular weight excluding hydrogens is 232 g/mol. The second-order valence-electron chi connectivity index (χ2n) is 5.06. The lowest BCUT2D eigenvalue weighted by atomic mass is 10.1. The molecule has 2 atom stereocenters. The first-order valence-electron chi connectivity index (χ1n) is 6.61. The van der Waals surface area contributed by atoms with Gasteiger partial charge < -0.3 is 15.3 Å². The van der Waals surface area contributed by atoms with Crippen LogP contribution in [0.5, 0.6) is 0 Å². The molecule has 0 aromatic heterocycles. The second-order valence-corrected chi connectivity index (χ2v) is 5.06. The number of carbonyl (C=O) groups excluding carboxylic acids is 1. The van der Waals surface area contributed by atoms with Gasteiger partial charge in [-0.25, -0.2) is 9.59 Å². The first-order valence-corrected chi connectivity index (χ1v) is 6.61. The zero-order chi connectivity index (χ0) is 14.3. The largest absolute Gasteiger partial charge is 0.480 e. The maximum absolute atomic E-state index is 12.0. The van der Waals surface area contributed by atoms with Crippen molar-refractivity contribution < 1.29 is 14.7 Å². The lowest BCUT2D eigenvalue weighted by Gasteiger charge is -2.27. The second kappa shape index (κ2) is 7.95. The van der Waals surface area contributed by atoms with Crippen molar-refractivity contribution in [3.63, 3.8) is 0 Å². The number of rotatable bonds is 7. The van der Waals surface area contributed by atoms with Crippen LogP contribution in [-0.4, -0.2) is 41.1 Å². The molecule has 0 saturated heterocycles. The van der Waals surface area contributed by atoms with Gasteiger partial charge in [-0.2, -0.15) is 0 Å². The Kier molecular flexibility index (Phi) is 7.39. The molecule has 18 heavy (non-hydrogen) atoms. The third-order valence-corrected chi connectivity index (χ3v) is 3.11. The van der Waals surface area contributed by atoms with E-state index in [1.165, 1.54) is 0 Å². The van der Waals surface area contributed by atoms with E-state index in [2.05, 4.69) is 19.2 Å². The van der Waals surface area contributed by atoms with E-state index < -0.39 is 12.0 Å². The molecule has 0 heterocycles. The van der Waals surface area contributed by atoms with Gasteiger partial charge in [-0.15, -0.1) is 0 Å². The summed E-state index contributed by atoms with van der Waals surface area (Å²) in [6.45, 7) is 10.8. The molecule has 5 heteroatoms. The van der Waals surface area contributed by atoms with Crippen LogP contribution < -0.4 is 5.32 Å². The lowest BCUT2D eigenvalue weighted by molar-refractivity contribution is -0.140. The average molecular weight is 258 g/mol. The lowest BCUT2D eigenvalue weighted by Crippen LogP contribution is -2.50. The molecule has 0 rings (SSSR count). The van der Waals surface area contributed by atoms with Crippen molar-refractivity contribution in [2.45, 2.75) is 47.1 Å². The van der Waals surface area contributed by atoms with Gasteiger partial charge in [-0.05, 0) is 18.8 Å². The normalized spacial score (nSPS) is 14.1. The van der Waals surface area contributed by atoms with Crippen LogP contribution >= 0.6 is 0 Å². The van der Waals surface area contributed by atoms with E-state index in [1.54, 1.807) is 18.7 Å². The summed E-state index contributed by atoms with van der Waals surface area (Å²) in [6, 6.07) is -1.12. The molecule has 0 spiro atoms. The number of hydrogen-bond donors (Lipinski definition) is 2. The summed E-state index contributed by atoms with van der Waals surface area (Å²) < 4.78 is 0. The number of urea groups is 1. The van der Waals surface area contributed by atoms with Crippen LogP contribution in [0.1, 0.15) is 41.0 Å². The molecular formula is C13H26N2O3. The highest BCUT2D eigenvalue weighted by molar-refractivity contribution is 5.82. The molecule has 1 unspecified atom stereocenters. The van der Waals surface area contributed by atoms with Gasteiger partial charge in [0, 0.05) is 13.1 Å². The van der Waals surface area contributed by atoms with Gasteiger partial charge in [0.1, 0.15) is 6.04 Å². The van der Waals surface area contributed by atoms with Crippen LogP contribution in [-0.2, 0) is 4.79 Å². The van der Waals surface area contributed by atoms with E-state index >= 15 is 0 Å². The molecule has 0 fully saturated rings. The molecule has 106 valence electrons. The number of aliphatic carboxylic acids is 1. The molecule has 0 saturated carbocycles. The zero-order valence-corrected chi connectivity index (χ0v) is 12.1. The highest BCUT2D eigenvalue weighted by Gasteiger charge is 2.25. The fourth-order valence-corrected chi connectivity index (χ4v) is 1.60. The molecule has 2 N–H and O–H groups in total. The van der Waals surface area contributed by atoms with E-state index in [9.17, 15) is 9.59 Å². The predicted octanol–water partition coefficient (Wildman–Crippen LogP) is 2.17. The fraction of sp³-hybridized carbons (Fsp3) is 0.846. The van der Waals surface area contributed by atoms with Gasteiger partial charge in [0.15, 0.2) is 0 Å². The maximum Gasteiger partial charge on any atom is 0.326 e. The minimum absolute atomic E-state index is 0.131. The zero-order valence-electron chi connectivity index (χ0n) is 12.1. The summed E-state index contributed by atoms with van der Waals surface area (Å²) in [4.78, 5) is 24.7. The third-order valence-electron chi connectivity index (χ3n) is 3.11. The number of nitrogens with zero attached hydrogens (tertiary/aromatic N) is 1. The van der Waals surface area contributed by atoms with Crippen molar-refractivity contribution in [2.75, 3.05) is 13.1 Å². The first-order chi connectivity index (χ1) is 8.33. The molecule has 0 aliphatic rings. The molecule has 5 nitrogen and oxygen atoms in total. The van der Waals surface area contributed by atoms with E-state index in [0.717, 1.165) is 6.42 Å². The number of carbonyl (C=O) groups is 2. The quantitative estimate of drug-likeness (QED) is 0.735. The Morgan fingerprint density at radius 3 is 2.11 bits per heavy atom. The number of carboxylic acid groups (broad SMARTS) is 1. The monoisotopic (exact) mass is 258 g/mol. The Hall–Kier alpha value is -1.26. The molecule has 0 aliphatic heterocycles. The van der Waals surface area contributed by atoms with Crippen LogP contribution in [0.3, 0.4) is 0 Å². The topological polar surface area (TPSA) is 69.6 Å². The smallest absolute Gasteiger partial charge is 0.326 e. The Labute approximate surface area is 110 Å². The average Bonchev–Trinajstić information content (AvgIpc) is 2.31. The number of hydrogen-bond acceptors (Lipinski definition) is 2. The SMILES string of the molecule is CCC(C)CN(CC)C(=O)N[C@@H](C(=O)O)C(C)C.